The second kappa shape index (κ2) is 9.18. The van der Waals surface area contributed by atoms with E-state index >= 15 is 0 Å². The maximum Gasteiger partial charge on any atom is 0.327 e. The first-order valence-corrected chi connectivity index (χ1v) is 10.4. The molecule has 2 aromatic rings. The van der Waals surface area contributed by atoms with Crippen LogP contribution in [0.1, 0.15) is 18.4 Å². The number of nitrogens with one attached hydrogen (secondary N) is 2. The zero-order valence-electron chi connectivity index (χ0n) is 17.4. The molecule has 2 saturated heterocycles. The van der Waals surface area contributed by atoms with Crippen LogP contribution in [0, 0.1) is 0 Å². The SMILES string of the molecule is COc1ccccc1NC(=O)CN1C(=O)N(Cc2ccccc2)C(=O)C2NCCCC21. The lowest BCUT2D eigenvalue weighted by Gasteiger charge is -2.46. The molecular weight excluding hydrogens is 396 g/mol. The van der Waals surface area contributed by atoms with Crippen LogP contribution < -0.4 is 15.4 Å². The highest BCUT2D eigenvalue weighted by Crippen LogP contribution is 2.27. The van der Waals surface area contributed by atoms with E-state index < -0.39 is 12.1 Å². The van der Waals surface area contributed by atoms with E-state index in [1.807, 2.05) is 36.4 Å². The van der Waals surface area contributed by atoms with Gasteiger partial charge in [-0.1, -0.05) is 42.5 Å². The van der Waals surface area contributed by atoms with Crippen molar-refractivity contribution in [3.05, 3.63) is 60.2 Å². The summed E-state index contributed by atoms with van der Waals surface area (Å²) < 4.78 is 5.28. The molecular formula is C23H26N4O4. The number of ether oxygens (including phenoxy) is 1. The van der Waals surface area contributed by atoms with Crippen molar-refractivity contribution in [1.82, 2.24) is 15.1 Å². The standard InChI is InChI=1S/C23H26N4O4/c1-31-19-12-6-5-10-17(19)25-20(28)15-26-18-11-7-13-24-21(18)22(29)27(23(26)30)14-16-8-3-2-4-9-16/h2-6,8-10,12,18,21,24H,7,11,13-15H2,1H3,(H,25,28). The van der Waals surface area contributed by atoms with Crippen LogP contribution in [0.15, 0.2) is 54.6 Å². The predicted molar refractivity (Wildman–Crippen MR) is 116 cm³/mol. The van der Waals surface area contributed by atoms with Gasteiger partial charge in [0, 0.05) is 0 Å². The molecule has 0 aliphatic carbocycles. The fraction of sp³-hybridized carbons (Fsp3) is 0.348. The highest BCUT2D eigenvalue weighted by molar-refractivity contribution is 6.03. The molecule has 162 valence electrons. The molecule has 0 aromatic heterocycles. The lowest BCUT2D eigenvalue weighted by atomic mass is 9.93. The van der Waals surface area contributed by atoms with Gasteiger partial charge in [-0.25, -0.2) is 4.79 Å². The number of rotatable bonds is 6. The van der Waals surface area contributed by atoms with Gasteiger partial charge in [-0.3, -0.25) is 14.5 Å². The number of piperidine rings is 1. The predicted octanol–water partition coefficient (Wildman–Crippen LogP) is 2.22. The zero-order valence-corrected chi connectivity index (χ0v) is 17.4. The molecule has 31 heavy (non-hydrogen) atoms. The van der Waals surface area contributed by atoms with Crippen molar-refractivity contribution in [3.8, 4) is 5.75 Å². The Morgan fingerprint density at radius 1 is 1.13 bits per heavy atom. The molecule has 8 nitrogen and oxygen atoms in total. The van der Waals surface area contributed by atoms with Crippen molar-refractivity contribution in [2.24, 2.45) is 0 Å². The van der Waals surface area contributed by atoms with Crippen molar-refractivity contribution < 1.29 is 19.1 Å². The summed E-state index contributed by atoms with van der Waals surface area (Å²) in [6, 6.07) is 15.2. The Morgan fingerprint density at radius 2 is 1.87 bits per heavy atom. The van der Waals surface area contributed by atoms with Crippen molar-refractivity contribution >= 4 is 23.5 Å². The summed E-state index contributed by atoms with van der Waals surface area (Å²) in [5, 5.41) is 6.06. The lowest BCUT2D eigenvalue weighted by molar-refractivity contribution is -0.138. The quantitative estimate of drug-likeness (QED) is 0.745. The molecule has 0 bridgehead atoms. The number of benzene rings is 2. The molecule has 0 saturated carbocycles. The van der Waals surface area contributed by atoms with Crippen molar-refractivity contribution in [2.75, 3.05) is 25.5 Å². The number of nitrogens with zero attached hydrogens (tertiary/aromatic N) is 2. The van der Waals surface area contributed by atoms with E-state index in [0.29, 0.717) is 24.4 Å². The number of anilines is 1. The van der Waals surface area contributed by atoms with E-state index in [9.17, 15) is 14.4 Å². The van der Waals surface area contributed by atoms with Gasteiger partial charge in [0.2, 0.25) is 11.8 Å². The van der Waals surface area contributed by atoms with Crippen LogP contribution in [0.3, 0.4) is 0 Å². The van der Waals surface area contributed by atoms with Crippen LogP contribution in [-0.2, 0) is 16.1 Å². The molecule has 2 aromatic carbocycles. The fourth-order valence-corrected chi connectivity index (χ4v) is 4.21. The van der Waals surface area contributed by atoms with Crippen molar-refractivity contribution in [1.29, 1.82) is 0 Å². The summed E-state index contributed by atoms with van der Waals surface area (Å²) in [6.45, 7) is 0.744. The van der Waals surface area contributed by atoms with Crippen LogP contribution in [0.2, 0.25) is 0 Å². The summed E-state index contributed by atoms with van der Waals surface area (Å²) in [7, 11) is 1.53. The second-order valence-corrected chi connectivity index (χ2v) is 7.71. The molecule has 2 atom stereocenters. The van der Waals surface area contributed by atoms with Gasteiger partial charge in [-0.2, -0.15) is 0 Å². The molecule has 2 unspecified atom stereocenters. The monoisotopic (exact) mass is 422 g/mol. The minimum Gasteiger partial charge on any atom is -0.495 e. The minimum atomic E-state index is -0.505. The Hall–Kier alpha value is -3.39. The van der Waals surface area contributed by atoms with E-state index in [4.69, 9.17) is 4.74 Å². The number of hydrogen-bond acceptors (Lipinski definition) is 5. The topological polar surface area (TPSA) is 91.0 Å². The van der Waals surface area contributed by atoms with E-state index in [0.717, 1.165) is 12.0 Å². The number of carbonyl (C=O) groups excluding carboxylic acids is 3. The average molecular weight is 422 g/mol. The molecule has 8 heteroatoms. The number of imide groups is 1. The first-order valence-electron chi connectivity index (χ1n) is 10.4. The lowest BCUT2D eigenvalue weighted by Crippen LogP contribution is -2.70. The molecule has 0 spiro atoms. The third-order valence-corrected chi connectivity index (χ3v) is 5.71. The van der Waals surface area contributed by atoms with Gasteiger partial charge in [-0.05, 0) is 37.1 Å². The summed E-state index contributed by atoms with van der Waals surface area (Å²) in [5.74, 6) is -0.0324. The van der Waals surface area contributed by atoms with Gasteiger partial charge in [0.1, 0.15) is 18.3 Å². The van der Waals surface area contributed by atoms with Crippen LogP contribution in [0.5, 0.6) is 5.75 Å². The van der Waals surface area contributed by atoms with Crippen molar-refractivity contribution in [2.45, 2.75) is 31.5 Å². The molecule has 0 radical (unpaired) electrons. The minimum absolute atomic E-state index is 0.141. The largest absolute Gasteiger partial charge is 0.495 e. The number of methoxy groups -OCH3 is 1. The summed E-state index contributed by atoms with van der Waals surface area (Å²) in [6.07, 6.45) is 1.52. The first-order chi connectivity index (χ1) is 15.1. The van der Waals surface area contributed by atoms with Gasteiger partial charge >= 0.3 is 6.03 Å². The highest BCUT2D eigenvalue weighted by atomic mass is 16.5. The van der Waals surface area contributed by atoms with Crippen molar-refractivity contribution in [3.63, 3.8) is 0 Å². The van der Waals surface area contributed by atoms with E-state index in [2.05, 4.69) is 10.6 Å². The van der Waals surface area contributed by atoms with Gasteiger partial charge in [-0.15, -0.1) is 0 Å². The fourth-order valence-electron chi connectivity index (χ4n) is 4.21. The van der Waals surface area contributed by atoms with Crippen LogP contribution in [0.4, 0.5) is 10.5 Å². The van der Waals surface area contributed by atoms with Crippen LogP contribution in [-0.4, -0.2) is 59.9 Å². The van der Waals surface area contributed by atoms with E-state index in [-0.39, 0.29) is 30.9 Å². The number of hydrogen-bond donors (Lipinski definition) is 2. The molecule has 2 heterocycles. The third kappa shape index (κ3) is 4.39. The maximum absolute atomic E-state index is 13.3. The molecule has 4 rings (SSSR count). The highest BCUT2D eigenvalue weighted by Gasteiger charge is 2.47. The first kappa shape index (κ1) is 20.9. The van der Waals surface area contributed by atoms with E-state index in [1.54, 1.807) is 18.2 Å². The van der Waals surface area contributed by atoms with Gasteiger partial charge < -0.3 is 20.3 Å². The van der Waals surface area contributed by atoms with Gasteiger partial charge in [0.15, 0.2) is 0 Å². The molecule has 4 amide bonds. The Bertz CT molecular complexity index is 965. The van der Waals surface area contributed by atoms with Crippen LogP contribution >= 0.6 is 0 Å². The summed E-state index contributed by atoms with van der Waals surface area (Å²) in [5.41, 5.74) is 1.40. The number of fused-ring (bicyclic) bond motifs is 1. The molecule has 2 aliphatic heterocycles. The maximum atomic E-state index is 13.3. The summed E-state index contributed by atoms with van der Waals surface area (Å²) >= 11 is 0. The number of urea groups is 1. The Morgan fingerprint density at radius 3 is 2.65 bits per heavy atom. The number of carbonyl (C=O) groups is 3. The average Bonchev–Trinajstić information content (AvgIpc) is 2.80. The molecule has 2 N–H and O–H groups in total. The Kier molecular flexibility index (Phi) is 6.18. The number of amides is 4. The van der Waals surface area contributed by atoms with Crippen LogP contribution in [0.25, 0.3) is 0 Å². The number of para-hydroxylation sites is 2. The van der Waals surface area contributed by atoms with Gasteiger partial charge in [0.25, 0.3) is 0 Å². The zero-order chi connectivity index (χ0) is 21.8. The third-order valence-electron chi connectivity index (χ3n) is 5.71. The molecule has 2 aliphatic rings. The summed E-state index contributed by atoms with van der Waals surface area (Å²) in [4.78, 5) is 42.0. The Balaban J connectivity index is 1.54. The Labute approximate surface area is 181 Å². The van der Waals surface area contributed by atoms with Gasteiger partial charge in [0.05, 0.1) is 25.4 Å². The molecule has 2 fully saturated rings. The van der Waals surface area contributed by atoms with E-state index in [1.165, 1.54) is 16.9 Å². The second-order valence-electron chi connectivity index (χ2n) is 7.71. The smallest absolute Gasteiger partial charge is 0.327 e. The normalized spacial score (nSPS) is 20.9.